The smallest absolute Gasteiger partial charge is 0.392 e. The number of aromatic nitrogens is 2. The number of para-hydroxylation sites is 1. The van der Waals surface area contributed by atoms with Crippen molar-refractivity contribution in [2.24, 2.45) is 5.92 Å². The number of nitrogens with one attached hydrogen (secondary N) is 1. The highest BCUT2D eigenvalue weighted by Crippen LogP contribution is 2.45. The number of methoxy groups -OCH3 is 1. The predicted molar refractivity (Wildman–Crippen MR) is 130 cm³/mol. The summed E-state index contributed by atoms with van der Waals surface area (Å²) in [5, 5.41) is 26.4. The maximum Gasteiger partial charge on any atom is 0.392 e. The molecule has 0 bridgehead atoms. The molecule has 14 heteroatoms. The number of carbonyl (C=O) groups excluding carboxylic acids is 1. The number of benzene rings is 1. The van der Waals surface area contributed by atoms with Crippen LogP contribution in [0.1, 0.15) is 38.8 Å². The molecule has 1 aliphatic heterocycles. The highest BCUT2D eigenvalue weighted by molar-refractivity contribution is 7.16. The molecule has 3 heterocycles. The quantitative estimate of drug-likeness (QED) is 0.428. The Hall–Kier alpha value is -3.60. The van der Waals surface area contributed by atoms with E-state index in [-0.39, 0.29) is 24.5 Å². The predicted octanol–water partition coefficient (Wildman–Crippen LogP) is 4.45. The summed E-state index contributed by atoms with van der Waals surface area (Å²) in [4.78, 5) is 26.2. The van der Waals surface area contributed by atoms with E-state index < -0.39 is 59.5 Å². The standard InChI is InChI=1S/C24H20ClF3N4O5S/c1-36-16-5-3-2-4-13(16)21(33)32-22(37-11-12-6-7-17(25)38-12)14(10-29)19(31-32)18-15(24(26,27)28)8-9-30-20(18)23(34)35/h2-7,15,18,20,30H,8-9,11H2,1H3,(H,34,35). The SMILES string of the molecule is COc1ccccc1C(=O)n1nc(C2C(C(=O)O)NCCC2C(F)(F)F)c(C#N)c1OCc1ccc(Cl)s1. The molecule has 38 heavy (non-hydrogen) atoms. The van der Waals surface area contributed by atoms with Crippen molar-refractivity contribution in [2.75, 3.05) is 13.7 Å². The summed E-state index contributed by atoms with van der Waals surface area (Å²) in [7, 11) is 1.33. The number of hydrogen-bond donors (Lipinski definition) is 2. The Morgan fingerprint density at radius 1 is 1.32 bits per heavy atom. The first-order chi connectivity index (χ1) is 18.1. The lowest BCUT2D eigenvalue weighted by Gasteiger charge is -2.36. The fraction of sp³-hybridized carbons (Fsp3) is 0.333. The van der Waals surface area contributed by atoms with Crippen LogP contribution in [0.5, 0.6) is 11.6 Å². The van der Waals surface area contributed by atoms with Gasteiger partial charge in [0.15, 0.2) is 0 Å². The van der Waals surface area contributed by atoms with Crippen molar-refractivity contribution in [2.45, 2.75) is 31.2 Å². The number of alkyl halides is 3. The van der Waals surface area contributed by atoms with Gasteiger partial charge < -0.3 is 19.9 Å². The normalized spacial score (nSPS) is 19.5. The fourth-order valence-corrected chi connectivity index (χ4v) is 5.42. The molecular formula is C24H20ClF3N4O5S. The van der Waals surface area contributed by atoms with Crippen LogP contribution in [0.25, 0.3) is 0 Å². The van der Waals surface area contributed by atoms with Gasteiger partial charge in [0.2, 0.25) is 5.88 Å². The molecule has 4 rings (SSSR count). The summed E-state index contributed by atoms with van der Waals surface area (Å²) in [6.07, 6.45) is -5.24. The average molecular weight is 569 g/mol. The molecule has 2 aromatic heterocycles. The number of piperidine rings is 1. The number of halogens is 4. The van der Waals surface area contributed by atoms with Crippen LogP contribution < -0.4 is 14.8 Å². The van der Waals surface area contributed by atoms with E-state index in [1.807, 2.05) is 0 Å². The largest absolute Gasteiger partial charge is 0.496 e. The Kier molecular flexibility index (Phi) is 7.96. The number of carboxylic acid groups (broad SMARTS) is 1. The molecule has 1 fully saturated rings. The molecule has 9 nitrogen and oxygen atoms in total. The lowest BCUT2D eigenvalue weighted by Crippen LogP contribution is -2.53. The third-order valence-corrected chi connectivity index (χ3v) is 7.31. The maximum absolute atomic E-state index is 14.1. The highest BCUT2D eigenvalue weighted by atomic mass is 35.5. The Balaban J connectivity index is 1.90. The Morgan fingerprint density at radius 3 is 2.66 bits per heavy atom. The zero-order valence-electron chi connectivity index (χ0n) is 19.7. The molecule has 3 atom stereocenters. The van der Waals surface area contributed by atoms with Crippen molar-refractivity contribution < 1.29 is 37.3 Å². The minimum absolute atomic E-state index is 0.00137. The van der Waals surface area contributed by atoms with E-state index in [0.717, 1.165) is 0 Å². The third-order valence-electron chi connectivity index (χ3n) is 6.11. The van der Waals surface area contributed by atoms with Crippen LogP contribution in [-0.2, 0) is 11.4 Å². The van der Waals surface area contributed by atoms with Crippen LogP contribution in [0.2, 0.25) is 4.34 Å². The number of rotatable bonds is 7. The van der Waals surface area contributed by atoms with Gasteiger partial charge in [-0.05, 0) is 37.2 Å². The Bertz CT molecular complexity index is 1400. The van der Waals surface area contributed by atoms with Crippen LogP contribution in [0.4, 0.5) is 13.2 Å². The van der Waals surface area contributed by atoms with Gasteiger partial charge in [0, 0.05) is 10.8 Å². The minimum atomic E-state index is -4.79. The number of nitriles is 1. The van der Waals surface area contributed by atoms with Gasteiger partial charge >= 0.3 is 12.1 Å². The maximum atomic E-state index is 14.1. The molecular weight excluding hydrogens is 549 g/mol. The highest BCUT2D eigenvalue weighted by Gasteiger charge is 2.53. The molecule has 200 valence electrons. The van der Waals surface area contributed by atoms with E-state index in [4.69, 9.17) is 21.1 Å². The van der Waals surface area contributed by atoms with Crippen LogP contribution in [0.3, 0.4) is 0 Å². The summed E-state index contributed by atoms with van der Waals surface area (Å²) >= 11 is 7.13. The molecule has 1 saturated heterocycles. The molecule has 2 N–H and O–H groups in total. The lowest BCUT2D eigenvalue weighted by molar-refractivity contribution is -0.191. The van der Waals surface area contributed by atoms with Crippen molar-refractivity contribution in [3.63, 3.8) is 0 Å². The second-order valence-corrected chi connectivity index (χ2v) is 10.1. The summed E-state index contributed by atoms with van der Waals surface area (Å²) in [5.41, 5.74) is -0.969. The molecule has 1 aromatic carbocycles. The first-order valence-corrected chi connectivity index (χ1v) is 12.4. The summed E-state index contributed by atoms with van der Waals surface area (Å²) in [6.45, 7) is -0.382. The monoisotopic (exact) mass is 568 g/mol. The van der Waals surface area contributed by atoms with E-state index in [0.29, 0.717) is 13.9 Å². The minimum Gasteiger partial charge on any atom is -0.496 e. The van der Waals surface area contributed by atoms with Gasteiger partial charge in [0.25, 0.3) is 5.91 Å². The zero-order chi connectivity index (χ0) is 27.6. The third kappa shape index (κ3) is 5.33. The molecule has 0 aliphatic carbocycles. The van der Waals surface area contributed by atoms with Crippen molar-refractivity contribution in [1.82, 2.24) is 15.1 Å². The van der Waals surface area contributed by atoms with E-state index in [2.05, 4.69) is 10.4 Å². The van der Waals surface area contributed by atoms with E-state index in [1.54, 1.807) is 30.3 Å². The molecule has 3 unspecified atom stereocenters. The van der Waals surface area contributed by atoms with Gasteiger partial charge in [-0.3, -0.25) is 9.59 Å². The summed E-state index contributed by atoms with van der Waals surface area (Å²) in [6, 6.07) is 9.41. The van der Waals surface area contributed by atoms with Gasteiger partial charge in [-0.1, -0.05) is 23.7 Å². The second kappa shape index (κ2) is 11.0. The number of aliphatic carboxylic acids is 1. The van der Waals surface area contributed by atoms with Crippen LogP contribution in [-0.4, -0.2) is 52.6 Å². The van der Waals surface area contributed by atoms with Crippen LogP contribution >= 0.6 is 22.9 Å². The lowest BCUT2D eigenvalue weighted by atomic mass is 9.77. The van der Waals surface area contributed by atoms with Gasteiger partial charge in [0.1, 0.15) is 30.0 Å². The number of nitrogens with zero attached hydrogens (tertiary/aromatic N) is 3. The number of carboxylic acids is 1. The fourth-order valence-electron chi connectivity index (χ4n) is 4.42. The van der Waals surface area contributed by atoms with Crippen molar-refractivity contribution in [3.05, 3.63) is 62.4 Å². The molecule has 0 amide bonds. The molecule has 0 saturated carbocycles. The molecule has 0 spiro atoms. The molecule has 3 aromatic rings. The van der Waals surface area contributed by atoms with E-state index in [9.17, 15) is 33.1 Å². The number of carbonyl (C=O) groups is 2. The number of hydrogen-bond acceptors (Lipinski definition) is 8. The van der Waals surface area contributed by atoms with E-state index in [1.165, 1.54) is 30.6 Å². The zero-order valence-corrected chi connectivity index (χ0v) is 21.2. The molecule has 1 aliphatic rings. The van der Waals surface area contributed by atoms with Gasteiger partial charge in [-0.15, -0.1) is 11.3 Å². The van der Waals surface area contributed by atoms with Gasteiger partial charge in [-0.2, -0.15) is 28.2 Å². The van der Waals surface area contributed by atoms with Crippen molar-refractivity contribution >= 4 is 34.8 Å². The van der Waals surface area contributed by atoms with Crippen molar-refractivity contribution in [3.8, 4) is 17.7 Å². The van der Waals surface area contributed by atoms with Gasteiger partial charge in [-0.25, -0.2) is 0 Å². The van der Waals surface area contributed by atoms with Crippen molar-refractivity contribution in [1.29, 1.82) is 5.26 Å². The second-order valence-electron chi connectivity index (χ2n) is 8.32. The summed E-state index contributed by atoms with van der Waals surface area (Å²) in [5.74, 6) is -6.59. The van der Waals surface area contributed by atoms with Crippen LogP contribution in [0.15, 0.2) is 36.4 Å². The Labute approximate surface area is 223 Å². The molecule has 0 radical (unpaired) electrons. The van der Waals surface area contributed by atoms with E-state index >= 15 is 0 Å². The first-order valence-electron chi connectivity index (χ1n) is 11.2. The number of thiophene rings is 1. The Morgan fingerprint density at radius 2 is 2.05 bits per heavy atom. The van der Waals surface area contributed by atoms with Gasteiger partial charge in [0.05, 0.1) is 28.6 Å². The number of ether oxygens (including phenoxy) is 2. The summed E-state index contributed by atoms with van der Waals surface area (Å²) < 4.78 is 54.4. The topological polar surface area (TPSA) is 126 Å². The average Bonchev–Trinajstić information content (AvgIpc) is 3.48. The first kappa shape index (κ1) is 27.4. The van der Waals surface area contributed by atoms with Crippen LogP contribution in [0, 0.1) is 17.2 Å².